The van der Waals surface area contributed by atoms with Gasteiger partial charge in [-0.2, -0.15) is 0 Å². The first-order valence-corrected chi connectivity index (χ1v) is 9.94. The molecule has 2 atom stereocenters. The van der Waals surface area contributed by atoms with Gasteiger partial charge in [0.2, 0.25) is 0 Å². The summed E-state index contributed by atoms with van der Waals surface area (Å²) < 4.78 is 11.7. The number of hydrogen-bond donors (Lipinski definition) is 0. The molecule has 0 saturated heterocycles. The Morgan fingerprint density at radius 1 is 1.19 bits per heavy atom. The highest BCUT2D eigenvalue weighted by molar-refractivity contribution is 5.82. The van der Waals surface area contributed by atoms with E-state index in [-0.39, 0.29) is 5.63 Å². The molecule has 3 heteroatoms. The lowest BCUT2D eigenvalue weighted by Gasteiger charge is -2.56. The predicted octanol–water partition coefficient (Wildman–Crippen LogP) is 5.04. The summed E-state index contributed by atoms with van der Waals surface area (Å²) in [6, 6.07) is 5.98. The number of fused-ring (bicyclic) bond motifs is 4. The van der Waals surface area contributed by atoms with Gasteiger partial charge >= 0.3 is 5.63 Å². The van der Waals surface area contributed by atoms with Crippen LogP contribution in [0.2, 0.25) is 0 Å². The van der Waals surface area contributed by atoms with Crippen molar-refractivity contribution in [2.45, 2.75) is 52.4 Å². The third-order valence-electron chi connectivity index (χ3n) is 7.18. The highest BCUT2D eigenvalue weighted by atomic mass is 16.5. The first kappa shape index (κ1) is 16.2. The highest BCUT2D eigenvalue weighted by Gasteiger charge is 2.51. The Hall–Kier alpha value is -2.03. The minimum absolute atomic E-state index is 0.165. The summed E-state index contributed by atoms with van der Waals surface area (Å²) >= 11 is 0. The Morgan fingerprint density at radius 2 is 2.00 bits per heavy atom. The maximum atomic E-state index is 12.3. The lowest BCUT2D eigenvalue weighted by molar-refractivity contribution is -0.0115. The van der Waals surface area contributed by atoms with Gasteiger partial charge in [0, 0.05) is 17.0 Å². The second-order valence-electron chi connectivity index (χ2n) is 8.82. The number of ether oxygens (including phenoxy) is 1. The zero-order valence-corrected chi connectivity index (χ0v) is 15.6. The van der Waals surface area contributed by atoms with Crippen LogP contribution in [0.3, 0.4) is 0 Å². The second-order valence-corrected chi connectivity index (χ2v) is 8.82. The molecule has 1 saturated carbocycles. The van der Waals surface area contributed by atoms with Crippen LogP contribution in [0.4, 0.5) is 0 Å². The topological polar surface area (TPSA) is 39.4 Å². The second kappa shape index (κ2) is 5.73. The van der Waals surface area contributed by atoms with E-state index in [2.05, 4.69) is 26.0 Å². The molecule has 4 aliphatic rings. The Labute approximate surface area is 154 Å². The molecule has 3 nitrogen and oxygen atoms in total. The molecule has 4 aliphatic carbocycles. The van der Waals surface area contributed by atoms with Crippen LogP contribution in [0.15, 0.2) is 39.1 Å². The first-order chi connectivity index (χ1) is 12.5. The molecule has 0 spiro atoms. The number of hydrogen-bond acceptors (Lipinski definition) is 3. The molecule has 1 heterocycles. The summed E-state index contributed by atoms with van der Waals surface area (Å²) in [5.41, 5.74) is 4.42. The molecule has 2 bridgehead atoms. The van der Waals surface area contributed by atoms with Gasteiger partial charge in [0.1, 0.15) is 17.9 Å². The summed E-state index contributed by atoms with van der Waals surface area (Å²) in [5, 5.41) is 1.08. The van der Waals surface area contributed by atoms with Crippen LogP contribution in [0.1, 0.15) is 50.7 Å². The smallest absolute Gasteiger partial charge is 0.339 e. The average Bonchev–Trinajstić information content (AvgIpc) is 2.66. The fraction of sp³-hybridized carbons (Fsp3) is 0.522. The van der Waals surface area contributed by atoms with E-state index in [1.807, 2.05) is 12.1 Å². The SMILES string of the molecule is CC1(C)[C@@H]2CC=C(COc3ccc4c5c(c(=O)oc4c3)CCCC5)[C@H]1C2. The molecule has 0 unspecified atom stereocenters. The Kier molecular flexibility index (Phi) is 3.57. The molecule has 2 aromatic rings. The minimum atomic E-state index is -0.165. The highest BCUT2D eigenvalue weighted by Crippen LogP contribution is 2.59. The van der Waals surface area contributed by atoms with E-state index in [1.54, 1.807) is 0 Å². The van der Waals surface area contributed by atoms with Gasteiger partial charge in [0.15, 0.2) is 0 Å². The van der Waals surface area contributed by atoms with Gasteiger partial charge in [-0.25, -0.2) is 4.79 Å². The fourth-order valence-electron chi connectivity index (χ4n) is 5.32. The number of allylic oxidation sites excluding steroid dienone is 1. The summed E-state index contributed by atoms with van der Waals surface area (Å²) in [4.78, 5) is 12.3. The van der Waals surface area contributed by atoms with Crippen LogP contribution in [0, 0.1) is 17.3 Å². The van der Waals surface area contributed by atoms with Crippen molar-refractivity contribution in [3.63, 3.8) is 0 Å². The molecule has 0 amide bonds. The third kappa shape index (κ3) is 2.36. The van der Waals surface area contributed by atoms with Gasteiger partial charge < -0.3 is 9.15 Å². The third-order valence-corrected chi connectivity index (χ3v) is 7.18. The lowest BCUT2D eigenvalue weighted by atomic mass is 9.49. The number of rotatable bonds is 3. The van der Waals surface area contributed by atoms with Crippen LogP contribution in [0.25, 0.3) is 11.0 Å². The lowest BCUT2D eigenvalue weighted by Crippen LogP contribution is -2.48. The largest absolute Gasteiger partial charge is 0.489 e. The zero-order valence-electron chi connectivity index (χ0n) is 15.6. The summed E-state index contributed by atoms with van der Waals surface area (Å²) in [6.45, 7) is 5.40. The van der Waals surface area contributed by atoms with E-state index in [9.17, 15) is 4.79 Å². The molecule has 1 aromatic heterocycles. The molecule has 0 radical (unpaired) electrons. The van der Waals surface area contributed by atoms with Crippen molar-refractivity contribution < 1.29 is 9.15 Å². The van der Waals surface area contributed by atoms with E-state index in [4.69, 9.17) is 9.15 Å². The quantitative estimate of drug-likeness (QED) is 0.575. The van der Waals surface area contributed by atoms with E-state index in [1.165, 1.54) is 24.0 Å². The molecule has 0 aliphatic heterocycles. The van der Waals surface area contributed by atoms with Gasteiger partial charge in [0.25, 0.3) is 0 Å². The van der Waals surface area contributed by atoms with Gasteiger partial charge in [-0.1, -0.05) is 19.9 Å². The van der Waals surface area contributed by atoms with Crippen molar-refractivity contribution in [3.05, 3.63) is 51.4 Å². The maximum absolute atomic E-state index is 12.3. The minimum Gasteiger partial charge on any atom is -0.489 e. The Bertz CT molecular complexity index is 963. The van der Waals surface area contributed by atoms with Crippen molar-refractivity contribution in [1.29, 1.82) is 0 Å². The monoisotopic (exact) mass is 350 g/mol. The van der Waals surface area contributed by atoms with E-state index in [0.29, 0.717) is 23.5 Å². The normalized spacial score (nSPS) is 26.0. The Balaban J connectivity index is 1.40. The van der Waals surface area contributed by atoms with E-state index < -0.39 is 0 Å². The van der Waals surface area contributed by atoms with Gasteiger partial charge in [0.05, 0.1) is 0 Å². The molecule has 1 fully saturated rings. The molecular formula is C23H26O3. The van der Waals surface area contributed by atoms with Crippen molar-refractivity contribution in [1.82, 2.24) is 0 Å². The summed E-state index contributed by atoms with van der Waals surface area (Å²) in [6.07, 6.45) is 8.91. The van der Waals surface area contributed by atoms with Gasteiger partial charge in [-0.3, -0.25) is 0 Å². The first-order valence-electron chi connectivity index (χ1n) is 9.94. The predicted molar refractivity (Wildman–Crippen MR) is 103 cm³/mol. The molecule has 6 rings (SSSR count). The van der Waals surface area contributed by atoms with Crippen LogP contribution in [-0.2, 0) is 12.8 Å². The van der Waals surface area contributed by atoms with E-state index in [0.717, 1.165) is 48.3 Å². The fourth-order valence-corrected chi connectivity index (χ4v) is 5.32. The zero-order chi connectivity index (χ0) is 17.9. The molecular weight excluding hydrogens is 324 g/mol. The van der Waals surface area contributed by atoms with Crippen molar-refractivity contribution in [3.8, 4) is 5.75 Å². The molecule has 1 aromatic carbocycles. The summed E-state index contributed by atoms with van der Waals surface area (Å²) in [5.74, 6) is 2.29. The van der Waals surface area contributed by atoms with E-state index >= 15 is 0 Å². The molecule has 136 valence electrons. The van der Waals surface area contributed by atoms with Crippen molar-refractivity contribution >= 4 is 11.0 Å². The van der Waals surface area contributed by atoms with Crippen LogP contribution >= 0.6 is 0 Å². The van der Waals surface area contributed by atoms with Crippen LogP contribution in [0.5, 0.6) is 5.75 Å². The summed E-state index contributed by atoms with van der Waals surface area (Å²) in [7, 11) is 0. The van der Waals surface area contributed by atoms with Crippen molar-refractivity contribution in [2.75, 3.05) is 6.61 Å². The standard InChI is InChI=1S/C23H26O3/c1-23(2)15-8-7-14(20(23)11-15)13-25-16-9-10-18-17-5-3-4-6-19(17)22(24)26-21(18)12-16/h7,9-10,12,15,20H,3-6,8,11,13H2,1-2H3/t15-,20-/m1/s1. The average molecular weight is 350 g/mol. The van der Waals surface area contributed by atoms with Crippen molar-refractivity contribution in [2.24, 2.45) is 17.3 Å². The number of benzene rings is 1. The van der Waals surface area contributed by atoms with Crippen LogP contribution < -0.4 is 10.4 Å². The van der Waals surface area contributed by atoms with Gasteiger partial charge in [-0.15, -0.1) is 0 Å². The van der Waals surface area contributed by atoms with Crippen LogP contribution in [-0.4, -0.2) is 6.61 Å². The molecule has 26 heavy (non-hydrogen) atoms. The maximum Gasteiger partial charge on any atom is 0.339 e. The Morgan fingerprint density at radius 3 is 2.77 bits per heavy atom. The van der Waals surface area contributed by atoms with Gasteiger partial charge in [-0.05, 0) is 79.0 Å². The number of aryl methyl sites for hydroxylation is 1. The molecule has 0 N–H and O–H groups in total.